The molecule has 1 atom stereocenters. The first kappa shape index (κ1) is 14.3. The molecule has 0 bridgehead atoms. The van der Waals surface area contributed by atoms with E-state index >= 15 is 0 Å². The minimum Gasteiger partial charge on any atom is -0.133 e. The number of thiophene rings is 1. The number of halogens is 4. The van der Waals surface area contributed by atoms with E-state index in [-0.39, 0.29) is 4.83 Å². The molecule has 0 spiro atoms. The van der Waals surface area contributed by atoms with Crippen LogP contribution in [0.1, 0.15) is 20.8 Å². The molecule has 1 aromatic heterocycles. The van der Waals surface area contributed by atoms with Crippen molar-refractivity contribution in [1.29, 1.82) is 0 Å². The molecule has 0 saturated heterocycles. The number of alkyl halides is 1. The molecule has 0 aliphatic heterocycles. The fourth-order valence-corrected chi connectivity index (χ4v) is 5.94. The van der Waals surface area contributed by atoms with Crippen LogP contribution < -0.4 is 0 Å². The van der Waals surface area contributed by atoms with Gasteiger partial charge in [-0.25, -0.2) is 0 Å². The summed E-state index contributed by atoms with van der Waals surface area (Å²) in [6.07, 6.45) is 0. The maximum absolute atomic E-state index is 3.77. The van der Waals surface area contributed by atoms with E-state index in [0.29, 0.717) is 0 Å². The highest BCUT2D eigenvalue weighted by atomic mass is 79.9. The molecule has 90 valence electrons. The van der Waals surface area contributed by atoms with E-state index in [0.717, 1.165) is 8.95 Å². The zero-order valence-electron chi connectivity index (χ0n) is 8.81. The molecule has 2 aromatic rings. The molecule has 1 heterocycles. The number of hydrogen-bond donors (Lipinski definition) is 0. The first-order valence-corrected chi connectivity index (χ1v) is 8.95. The van der Waals surface area contributed by atoms with E-state index in [1.165, 1.54) is 19.8 Å². The van der Waals surface area contributed by atoms with Crippen LogP contribution in [0.3, 0.4) is 0 Å². The molecule has 0 amide bonds. The van der Waals surface area contributed by atoms with Gasteiger partial charge in [-0.2, -0.15) is 0 Å². The molecule has 0 fully saturated rings. The number of hydrogen-bond acceptors (Lipinski definition) is 1. The molecule has 1 aromatic carbocycles. The van der Waals surface area contributed by atoms with Gasteiger partial charge in [0.2, 0.25) is 0 Å². The van der Waals surface area contributed by atoms with E-state index in [2.05, 4.69) is 94.9 Å². The lowest BCUT2D eigenvalue weighted by Crippen LogP contribution is -1.94. The third-order valence-corrected chi connectivity index (χ3v) is 6.17. The van der Waals surface area contributed by atoms with E-state index in [1.807, 2.05) is 0 Å². The molecule has 1 unspecified atom stereocenters. The Bertz CT molecular complexity index is 547. The lowest BCUT2D eigenvalue weighted by Gasteiger charge is -2.12. The van der Waals surface area contributed by atoms with Crippen LogP contribution in [-0.2, 0) is 0 Å². The van der Waals surface area contributed by atoms with Gasteiger partial charge in [0.15, 0.2) is 0 Å². The van der Waals surface area contributed by atoms with E-state index in [1.54, 1.807) is 11.3 Å². The van der Waals surface area contributed by atoms with Crippen molar-refractivity contribution in [2.24, 2.45) is 0 Å². The van der Waals surface area contributed by atoms with Crippen molar-refractivity contribution >= 4 is 75.1 Å². The molecule has 0 aliphatic carbocycles. The van der Waals surface area contributed by atoms with Crippen LogP contribution in [0.2, 0.25) is 0 Å². The monoisotopic (exact) mass is 500 g/mol. The molecular weight excluding hydrogens is 496 g/mol. The predicted molar refractivity (Wildman–Crippen MR) is 89.4 cm³/mol. The number of rotatable bonds is 2. The second kappa shape index (κ2) is 5.87. The first-order chi connectivity index (χ1) is 7.99. The molecule has 0 radical (unpaired) electrons. The summed E-state index contributed by atoms with van der Waals surface area (Å²) in [6.45, 7) is 2.14. The lowest BCUT2D eigenvalue weighted by atomic mass is 10.1. The molecule has 17 heavy (non-hydrogen) atoms. The Hall–Kier alpha value is 0.840. The largest absolute Gasteiger partial charge is 0.133 e. The third kappa shape index (κ3) is 3.24. The Balaban J connectivity index is 2.43. The Morgan fingerprint density at radius 1 is 1.06 bits per heavy atom. The highest BCUT2D eigenvalue weighted by Crippen LogP contribution is 2.41. The van der Waals surface area contributed by atoms with Gasteiger partial charge in [-0.15, -0.1) is 11.3 Å². The zero-order valence-corrected chi connectivity index (χ0v) is 16.0. The number of benzene rings is 1. The van der Waals surface area contributed by atoms with Gasteiger partial charge in [0.05, 0.1) is 8.61 Å². The molecule has 5 heteroatoms. The Morgan fingerprint density at radius 2 is 1.76 bits per heavy atom. The topological polar surface area (TPSA) is 0 Å². The van der Waals surface area contributed by atoms with Crippen molar-refractivity contribution in [2.45, 2.75) is 11.8 Å². The molecule has 0 saturated carbocycles. The summed E-state index contributed by atoms with van der Waals surface area (Å²) in [7, 11) is 0. The zero-order chi connectivity index (χ0) is 12.6. The fourth-order valence-electron chi connectivity index (χ4n) is 1.58. The summed E-state index contributed by atoms with van der Waals surface area (Å²) in [5.41, 5.74) is 2.55. The smallest absolute Gasteiger partial charge is 0.0704 e. The summed E-state index contributed by atoms with van der Waals surface area (Å²) in [6, 6.07) is 8.43. The molecule has 2 rings (SSSR count). The summed E-state index contributed by atoms with van der Waals surface area (Å²) in [5, 5.41) is 0. The standard InChI is InChI=1S/C12H8Br4S/c1-6-9(5-11(15)17-6)12(16)8-3-2-7(13)4-10(8)14/h2-5,12H,1H3. The van der Waals surface area contributed by atoms with Gasteiger partial charge in [-0.05, 0) is 52.2 Å². The van der Waals surface area contributed by atoms with Crippen molar-refractivity contribution in [3.8, 4) is 0 Å². The van der Waals surface area contributed by atoms with Crippen molar-refractivity contribution in [3.63, 3.8) is 0 Å². The van der Waals surface area contributed by atoms with Gasteiger partial charge < -0.3 is 0 Å². The second-order valence-electron chi connectivity index (χ2n) is 3.59. The van der Waals surface area contributed by atoms with Gasteiger partial charge >= 0.3 is 0 Å². The molecule has 0 nitrogen and oxygen atoms in total. The predicted octanol–water partition coefficient (Wildman–Crippen LogP) is 6.83. The molecular formula is C12H8Br4S. The Labute approximate surface area is 138 Å². The normalized spacial score (nSPS) is 12.8. The summed E-state index contributed by atoms with van der Waals surface area (Å²) in [5.74, 6) is 0. The summed E-state index contributed by atoms with van der Waals surface area (Å²) in [4.78, 5) is 1.54. The lowest BCUT2D eigenvalue weighted by molar-refractivity contribution is 1.15. The average molecular weight is 504 g/mol. The van der Waals surface area contributed by atoms with E-state index in [4.69, 9.17) is 0 Å². The summed E-state index contributed by atoms with van der Waals surface area (Å²) >= 11 is 16.1. The van der Waals surface area contributed by atoms with Crippen LogP contribution in [0.25, 0.3) is 0 Å². The maximum atomic E-state index is 3.77. The number of aryl methyl sites for hydroxylation is 1. The highest BCUT2D eigenvalue weighted by Gasteiger charge is 2.17. The SMILES string of the molecule is Cc1sc(Br)cc1C(Br)c1ccc(Br)cc1Br. The minimum absolute atomic E-state index is 0.215. The second-order valence-corrected chi connectivity index (χ2v) is 8.91. The Kier molecular flexibility index (Phi) is 4.92. The van der Waals surface area contributed by atoms with Crippen LogP contribution in [0.4, 0.5) is 0 Å². The van der Waals surface area contributed by atoms with Crippen molar-refractivity contribution in [2.75, 3.05) is 0 Å². The quantitative estimate of drug-likeness (QED) is 0.394. The van der Waals surface area contributed by atoms with Crippen LogP contribution in [0.5, 0.6) is 0 Å². The minimum atomic E-state index is 0.215. The van der Waals surface area contributed by atoms with Crippen LogP contribution >= 0.6 is 75.1 Å². The third-order valence-electron chi connectivity index (χ3n) is 2.43. The van der Waals surface area contributed by atoms with Gasteiger partial charge in [0.1, 0.15) is 0 Å². The summed E-state index contributed by atoms with van der Waals surface area (Å²) < 4.78 is 3.36. The fraction of sp³-hybridized carbons (Fsp3) is 0.167. The molecule has 0 N–H and O–H groups in total. The van der Waals surface area contributed by atoms with E-state index in [9.17, 15) is 0 Å². The maximum Gasteiger partial charge on any atom is 0.0704 e. The Morgan fingerprint density at radius 3 is 2.29 bits per heavy atom. The van der Waals surface area contributed by atoms with Gasteiger partial charge in [-0.3, -0.25) is 0 Å². The van der Waals surface area contributed by atoms with Gasteiger partial charge in [0, 0.05) is 13.8 Å². The van der Waals surface area contributed by atoms with Crippen molar-refractivity contribution < 1.29 is 0 Å². The van der Waals surface area contributed by atoms with Crippen LogP contribution in [0, 0.1) is 6.92 Å². The van der Waals surface area contributed by atoms with Crippen molar-refractivity contribution in [3.05, 3.63) is 53.0 Å². The van der Waals surface area contributed by atoms with Crippen LogP contribution in [0.15, 0.2) is 37.0 Å². The van der Waals surface area contributed by atoms with Gasteiger partial charge in [-0.1, -0.05) is 53.9 Å². The first-order valence-electron chi connectivity index (χ1n) is 4.84. The highest BCUT2D eigenvalue weighted by molar-refractivity contribution is 9.11. The average Bonchev–Trinajstić information content (AvgIpc) is 2.57. The van der Waals surface area contributed by atoms with Crippen LogP contribution in [-0.4, -0.2) is 0 Å². The van der Waals surface area contributed by atoms with Crippen molar-refractivity contribution in [1.82, 2.24) is 0 Å². The van der Waals surface area contributed by atoms with Gasteiger partial charge in [0.25, 0.3) is 0 Å². The molecule has 0 aliphatic rings. The van der Waals surface area contributed by atoms with E-state index < -0.39 is 0 Å².